The molecule has 0 saturated carbocycles. The molecule has 0 saturated heterocycles. The van der Waals surface area contributed by atoms with Crippen LogP contribution in [0.15, 0.2) is 6.33 Å². The normalized spacial score (nSPS) is 12.8. The van der Waals surface area contributed by atoms with Gasteiger partial charge in [0.2, 0.25) is 5.91 Å². The van der Waals surface area contributed by atoms with E-state index in [0.717, 1.165) is 16.7 Å². The van der Waals surface area contributed by atoms with Gasteiger partial charge >= 0.3 is 0 Å². The molecule has 2 aromatic heterocycles. The van der Waals surface area contributed by atoms with Crippen LogP contribution in [0.1, 0.15) is 26.0 Å². The number of fused-ring (bicyclic) bond motifs is 1. The summed E-state index contributed by atoms with van der Waals surface area (Å²) in [6, 6.07) is -0.451. The molecule has 0 unspecified atom stereocenters. The van der Waals surface area contributed by atoms with Gasteiger partial charge in [0, 0.05) is 7.05 Å². The zero-order valence-corrected chi connectivity index (χ0v) is 12.2. The maximum absolute atomic E-state index is 11.6. The van der Waals surface area contributed by atoms with Crippen molar-refractivity contribution in [3.63, 3.8) is 0 Å². The van der Waals surface area contributed by atoms with Gasteiger partial charge in [-0.25, -0.2) is 9.97 Å². The number of aromatic nitrogens is 4. The summed E-state index contributed by atoms with van der Waals surface area (Å²) >= 11 is 0. The first kappa shape index (κ1) is 14.2. The molecule has 1 amide bonds. The summed E-state index contributed by atoms with van der Waals surface area (Å²) in [4.78, 5) is 20.0. The molecule has 0 aliphatic heterocycles. The Hall–Kier alpha value is -2.18. The smallest absolute Gasteiger partial charge is 0.239 e. The van der Waals surface area contributed by atoms with Crippen LogP contribution < -0.4 is 11.1 Å². The summed E-state index contributed by atoms with van der Waals surface area (Å²) in [5, 5.41) is 8.27. The number of carbonyl (C=O) groups excluding carboxylic acids is 1. The molecule has 0 bridgehead atoms. The Kier molecular flexibility index (Phi) is 3.87. The van der Waals surface area contributed by atoms with E-state index in [4.69, 9.17) is 5.73 Å². The minimum absolute atomic E-state index is 0.354. The monoisotopic (exact) mass is 276 g/mol. The van der Waals surface area contributed by atoms with Crippen molar-refractivity contribution in [1.29, 1.82) is 0 Å². The van der Waals surface area contributed by atoms with Gasteiger partial charge in [-0.1, -0.05) is 13.8 Å². The van der Waals surface area contributed by atoms with Crippen molar-refractivity contribution in [2.24, 2.45) is 18.7 Å². The Morgan fingerprint density at radius 3 is 2.75 bits per heavy atom. The fourth-order valence-electron chi connectivity index (χ4n) is 2.27. The topological polar surface area (TPSA) is 98.7 Å². The van der Waals surface area contributed by atoms with Crippen molar-refractivity contribution in [2.45, 2.75) is 33.2 Å². The molecule has 7 nitrogen and oxygen atoms in total. The Morgan fingerprint density at radius 2 is 2.15 bits per heavy atom. The van der Waals surface area contributed by atoms with E-state index in [1.165, 1.54) is 6.33 Å². The second kappa shape index (κ2) is 5.44. The van der Waals surface area contributed by atoms with E-state index in [2.05, 4.69) is 20.4 Å². The van der Waals surface area contributed by atoms with E-state index in [1.807, 2.05) is 27.8 Å². The second-order valence-electron chi connectivity index (χ2n) is 5.36. The Balaban J connectivity index is 2.39. The fraction of sp³-hybridized carbons (Fsp3) is 0.538. The minimum atomic E-state index is -0.451. The predicted molar refractivity (Wildman–Crippen MR) is 77.1 cm³/mol. The Labute approximate surface area is 117 Å². The third-order valence-electron chi connectivity index (χ3n) is 3.16. The van der Waals surface area contributed by atoms with Gasteiger partial charge in [-0.2, -0.15) is 5.10 Å². The molecule has 20 heavy (non-hydrogen) atoms. The Morgan fingerprint density at radius 1 is 1.45 bits per heavy atom. The summed E-state index contributed by atoms with van der Waals surface area (Å²) < 4.78 is 1.69. The van der Waals surface area contributed by atoms with Crippen molar-refractivity contribution in [3.05, 3.63) is 12.0 Å². The van der Waals surface area contributed by atoms with Gasteiger partial charge < -0.3 is 11.1 Å². The van der Waals surface area contributed by atoms with Crippen LogP contribution in [0.5, 0.6) is 0 Å². The molecular weight excluding hydrogens is 256 g/mol. The van der Waals surface area contributed by atoms with Gasteiger partial charge in [0.05, 0.1) is 11.1 Å². The van der Waals surface area contributed by atoms with Crippen LogP contribution in [-0.4, -0.2) is 31.7 Å². The van der Waals surface area contributed by atoms with Crippen LogP contribution >= 0.6 is 0 Å². The highest BCUT2D eigenvalue weighted by Gasteiger charge is 2.20. The van der Waals surface area contributed by atoms with Gasteiger partial charge in [0.1, 0.15) is 18.2 Å². The van der Waals surface area contributed by atoms with E-state index in [-0.39, 0.29) is 5.91 Å². The maximum Gasteiger partial charge on any atom is 0.239 e. The molecule has 1 atom stereocenters. The lowest BCUT2D eigenvalue weighted by Crippen LogP contribution is -2.36. The number of primary amides is 1. The summed E-state index contributed by atoms with van der Waals surface area (Å²) in [5.41, 5.74) is 7.00. The molecule has 108 valence electrons. The van der Waals surface area contributed by atoms with Gasteiger partial charge in [-0.05, 0) is 19.3 Å². The molecule has 0 aliphatic carbocycles. The maximum atomic E-state index is 11.6. The molecule has 2 aromatic rings. The molecular formula is C13H20N6O. The molecule has 3 N–H and O–H groups in total. The molecule has 0 aromatic carbocycles. The van der Waals surface area contributed by atoms with Gasteiger partial charge in [-0.3, -0.25) is 9.48 Å². The van der Waals surface area contributed by atoms with E-state index in [9.17, 15) is 4.79 Å². The van der Waals surface area contributed by atoms with Crippen molar-refractivity contribution in [3.8, 4) is 0 Å². The zero-order chi connectivity index (χ0) is 14.9. The summed E-state index contributed by atoms with van der Waals surface area (Å²) in [6.45, 7) is 5.98. The zero-order valence-electron chi connectivity index (χ0n) is 12.2. The van der Waals surface area contributed by atoms with Crippen molar-refractivity contribution in [2.75, 3.05) is 5.32 Å². The SMILES string of the molecule is Cc1nn(C)c2ncnc(N[C@H](CC(C)C)C(N)=O)c12. The number of anilines is 1. The Bertz CT molecular complexity index is 633. The molecule has 0 spiro atoms. The number of carbonyl (C=O) groups is 1. The number of nitrogens with zero attached hydrogens (tertiary/aromatic N) is 4. The number of aryl methyl sites for hydroxylation is 2. The standard InChI is InChI=1S/C13H20N6O/c1-7(2)5-9(11(14)20)17-12-10-8(3)18-19(4)13(10)16-6-15-12/h6-7,9H,5H2,1-4H3,(H2,14,20)(H,15,16,17)/t9-/m1/s1. The number of rotatable bonds is 5. The van der Waals surface area contributed by atoms with Crippen LogP contribution in [0.3, 0.4) is 0 Å². The average Bonchev–Trinajstić information content (AvgIpc) is 2.64. The molecule has 2 rings (SSSR count). The van der Waals surface area contributed by atoms with E-state index < -0.39 is 6.04 Å². The first-order valence-electron chi connectivity index (χ1n) is 6.60. The molecule has 2 heterocycles. The number of hydrogen-bond acceptors (Lipinski definition) is 5. The average molecular weight is 276 g/mol. The molecule has 7 heteroatoms. The van der Waals surface area contributed by atoms with Crippen molar-refractivity contribution in [1.82, 2.24) is 19.7 Å². The number of hydrogen-bond donors (Lipinski definition) is 2. The van der Waals surface area contributed by atoms with Gasteiger partial charge in [0.15, 0.2) is 5.65 Å². The predicted octanol–water partition coefficient (Wildman–Crippen LogP) is 0.984. The highest BCUT2D eigenvalue weighted by atomic mass is 16.1. The molecule has 0 radical (unpaired) electrons. The van der Waals surface area contributed by atoms with Crippen LogP contribution in [0.25, 0.3) is 11.0 Å². The third-order valence-corrected chi connectivity index (χ3v) is 3.16. The third kappa shape index (κ3) is 2.71. The lowest BCUT2D eigenvalue weighted by molar-refractivity contribution is -0.119. The van der Waals surface area contributed by atoms with E-state index in [1.54, 1.807) is 4.68 Å². The first-order chi connectivity index (χ1) is 9.40. The van der Waals surface area contributed by atoms with Crippen LogP contribution in [-0.2, 0) is 11.8 Å². The van der Waals surface area contributed by atoms with Crippen molar-refractivity contribution < 1.29 is 4.79 Å². The van der Waals surface area contributed by atoms with Crippen LogP contribution in [0.4, 0.5) is 5.82 Å². The quantitative estimate of drug-likeness (QED) is 0.848. The summed E-state index contributed by atoms with van der Waals surface area (Å²) in [5.74, 6) is 0.573. The summed E-state index contributed by atoms with van der Waals surface area (Å²) in [7, 11) is 1.83. The highest BCUT2D eigenvalue weighted by molar-refractivity contribution is 5.91. The van der Waals surface area contributed by atoms with Crippen LogP contribution in [0, 0.1) is 12.8 Å². The first-order valence-corrected chi connectivity index (χ1v) is 6.60. The van der Waals surface area contributed by atoms with Crippen LogP contribution in [0.2, 0.25) is 0 Å². The van der Waals surface area contributed by atoms with E-state index in [0.29, 0.717) is 18.2 Å². The molecule has 0 aliphatic rings. The van der Waals surface area contributed by atoms with Gasteiger partial charge in [0.25, 0.3) is 0 Å². The largest absolute Gasteiger partial charge is 0.368 e. The number of nitrogens with one attached hydrogen (secondary N) is 1. The summed E-state index contributed by atoms with van der Waals surface area (Å²) in [6.07, 6.45) is 2.11. The lowest BCUT2D eigenvalue weighted by Gasteiger charge is -2.18. The van der Waals surface area contributed by atoms with Gasteiger partial charge in [-0.15, -0.1) is 0 Å². The highest BCUT2D eigenvalue weighted by Crippen LogP contribution is 2.23. The molecule has 0 fully saturated rings. The lowest BCUT2D eigenvalue weighted by atomic mass is 10.0. The van der Waals surface area contributed by atoms with Crippen molar-refractivity contribution >= 4 is 22.8 Å². The number of amides is 1. The van der Waals surface area contributed by atoms with E-state index >= 15 is 0 Å². The number of nitrogens with two attached hydrogens (primary N) is 1. The minimum Gasteiger partial charge on any atom is -0.368 e. The second-order valence-corrected chi connectivity index (χ2v) is 5.36. The fourth-order valence-corrected chi connectivity index (χ4v) is 2.27.